The summed E-state index contributed by atoms with van der Waals surface area (Å²) in [5, 5.41) is 2.18. The topological polar surface area (TPSA) is 26.0 Å². The number of rotatable bonds is 1. The first-order chi connectivity index (χ1) is 4.77. The number of thiophene rings is 1. The van der Waals surface area contributed by atoms with Crippen LogP contribution in [0.1, 0.15) is 17.9 Å². The van der Waals surface area contributed by atoms with Crippen LogP contribution in [-0.4, -0.2) is 6.04 Å². The molecule has 2 atom stereocenters. The molecule has 1 aliphatic rings. The maximum Gasteiger partial charge on any atom is 0.0701 e. The third-order valence-electron chi connectivity index (χ3n) is 1.86. The lowest BCUT2D eigenvalue weighted by molar-refractivity contribution is 0.995. The Balaban J connectivity index is 2.20. The van der Waals surface area contributed by atoms with Gasteiger partial charge in [-0.1, -0.05) is 0 Å². The van der Waals surface area contributed by atoms with Gasteiger partial charge in [0.15, 0.2) is 0 Å². The zero-order valence-corrected chi connectivity index (χ0v) is 7.78. The van der Waals surface area contributed by atoms with E-state index in [1.165, 1.54) is 15.8 Å². The van der Waals surface area contributed by atoms with E-state index in [1.807, 2.05) is 0 Å². The zero-order valence-electron chi connectivity index (χ0n) is 5.38. The molecule has 2 rings (SSSR count). The van der Waals surface area contributed by atoms with E-state index >= 15 is 0 Å². The van der Waals surface area contributed by atoms with Crippen LogP contribution in [0, 0.1) is 0 Å². The van der Waals surface area contributed by atoms with Crippen LogP contribution in [-0.2, 0) is 0 Å². The quantitative estimate of drug-likeness (QED) is 0.769. The molecule has 0 spiro atoms. The molecule has 10 heavy (non-hydrogen) atoms. The van der Waals surface area contributed by atoms with Crippen LogP contribution in [0.4, 0.5) is 0 Å². The Morgan fingerprint density at radius 2 is 2.40 bits per heavy atom. The Morgan fingerprint density at radius 3 is 2.80 bits per heavy atom. The lowest BCUT2D eigenvalue weighted by Crippen LogP contribution is -1.99. The molecule has 1 aliphatic carbocycles. The minimum Gasteiger partial charge on any atom is -0.327 e. The fraction of sp³-hybridized carbons (Fsp3) is 0.429. The van der Waals surface area contributed by atoms with E-state index in [9.17, 15) is 0 Å². The predicted octanol–water partition coefficient (Wildman–Crippen LogP) is 2.33. The van der Waals surface area contributed by atoms with Crippen LogP contribution in [0.5, 0.6) is 0 Å². The fourth-order valence-corrected chi connectivity index (χ4v) is 2.36. The second-order valence-corrected chi connectivity index (χ2v) is 4.98. The lowest BCUT2D eigenvalue weighted by atomic mass is 10.2. The van der Waals surface area contributed by atoms with Gasteiger partial charge in [0.25, 0.3) is 0 Å². The van der Waals surface area contributed by atoms with Crippen molar-refractivity contribution in [3.05, 3.63) is 20.8 Å². The normalized spacial score (nSPS) is 30.6. The van der Waals surface area contributed by atoms with Crippen molar-refractivity contribution in [3.8, 4) is 0 Å². The molecular formula is C7H8BrNS. The van der Waals surface area contributed by atoms with Crippen molar-refractivity contribution in [3.63, 3.8) is 0 Å². The molecule has 0 aliphatic heterocycles. The smallest absolute Gasteiger partial charge is 0.0701 e. The summed E-state index contributed by atoms with van der Waals surface area (Å²) >= 11 is 5.16. The summed E-state index contributed by atoms with van der Waals surface area (Å²) in [7, 11) is 0. The molecule has 3 heteroatoms. The maximum atomic E-state index is 5.70. The van der Waals surface area contributed by atoms with Gasteiger partial charge in [0.1, 0.15) is 0 Å². The standard InChI is InChI=1S/C7H8BrNS/c8-7-1-4(3-10-7)5-2-6(5)9/h1,3,5-6H,2,9H2. The molecule has 1 aromatic heterocycles. The van der Waals surface area contributed by atoms with Gasteiger partial charge < -0.3 is 5.73 Å². The van der Waals surface area contributed by atoms with Crippen molar-refractivity contribution >= 4 is 27.3 Å². The molecule has 54 valence electrons. The molecule has 0 bridgehead atoms. The van der Waals surface area contributed by atoms with E-state index in [0.29, 0.717) is 12.0 Å². The second kappa shape index (κ2) is 2.32. The van der Waals surface area contributed by atoms with Crippen molar-refractivity contribution in [2.24, 2.45) is 5.73 Å². The van der Waals surface area contributed by atoms with Gasteiger partial charge in [0.05, 0.1) is 3.79 Å². The van der Waals surface area contributed by atoms with E-state index in [2.05, 4.69) is 27.4 Å². The molecule has 2 N–H and O–H groups in total. The first-order valence-corrected chi connectivity index (χ1v) is 4.94. The summed E-state index contributed by atoms with van der Waals surface area (Å²) in [6, 6.07) is 2.60. The van der Waals surface area contributed by atoms with Crippen molar-refractivity contribution in [1.82, 2.24) is 0 Å². The van der Waals surface area contributed by atoms with Gasteiger partial charge in [-0.2, -0.15) is 0 Å². The maximum absolute atomic E-state index is 5.70. The van der Waals surface area contributed by atoms with Gasteiger partial charge in [-0.25, -0.2) is 0 Å². The minimum atomic E-state index is 0.432. The molecule has 1 saturated carbocycles. The average Bonchev–Trinajstić information content (AvgIpc) is 2.42. The van der Waals surface area contributed by atoms with E-state index in [1.54, 1.807) is 11.3 Å². The highest BCUT2D eigenvalue weighted by Crippen LogP contribution is 2.41. The number of hydrogen-bond acceptors (Lipinski definition) is 2. The van der Waals surface area contributed by atoms with E-state index in [-0.39, 0.29) is 0 Å². The third-order valence-corrected chi connectivity index (χ3v) is 3.38. The molecule has 0 radical (unpaired) electrons. The molecule has 1 nitrogen and oxygen atoms in total. The summed E-state index contributed by atoms with van der Waals surface area (Å²) in [6.45, 7) is 0. The van der Waals surface area contributed by atoms with Gasteiger partial charge in [0, 0.05) is 12.0 Å². The average molecular weight is 218 g/mol. The first kappa shape index (κ1) is 6.83. The highest BCUT2D eigenvalue weighted by atomic mass is 79.9. The van der Waals surface area contributed by atoms with Crippen molar-refractivity contribution in [2.45, 2.75) is 18.4 Å². The Morgan fingerprint density at radius 1 is 1.70 bits per heavy atom. The zero-order chi connectivity index (χ0) is 7.14. The fourth-order valence-electron chi connectivity index (χ4n) is 1.12. The highest BCUT2D eigenvalue weighted by Gasteiger charge is 2.35. The number of halogens is 1. The molecule has 2 unspecified atom stereocenters. The van der Waals surface area contributed by atoms with Crippen LogP contribution >= 0.6 is 27.3 Å². The Hall–Kier alpha value is 0.140. The Bertz CT molecular complexity index is 246. The molecule has 0 saturated heterocycles. The molecule has 1 heterocycles. The summed E-state index contributed by atoms with van der Waals surface area (Å²) in [6.07, 6.45) is 1.17. The molecular weight excluding hydrogens is 210 g/mol. The van der Waals surface area contributed by atoms with Crippen molar-refractivity contribution < 1.29 is 0 Å². The van der Waals surface area contributed by atoms with Crippen LogP contribution in [0.3, 0.4) is 0 Å². The van der Waals surface area contributed by atoms with Crippen LogP contribution in [0.15, 0.2) is 15.2 Å². The summed E-state index contributed by atoms with van der Waals surface area (Å²) in [5.41, 5.74) is 7.10. The van der Waals surface area contributed by atoms with Crippen molar-refractivity contribution in [2.75, 3.05) is 0 Å². The number of hydrogen-bond donors (Lipinski definition) is 1. The van der Waals surface area contributed by atoms with E-state index < -0.39 is 0 Å². The number of nitrogens with two attached hydrogens (primary N) is 1. The van der Waals surface area contributed by atoms with Crippen LogP contribution in [0.2, 0.25) is 0 Å². The Kier molecular flexibility index (Phi) is 1.59. The largest absolute Gasteiger partial charge is 0.327 e. The summed E-state index contributed by atoms with van der Waals surface area (Å²) in [5.74, 6) is 0.655. The van der Waals surface area contributed by atoms with E-state index in [4.69, 9.17) is 5.73 Å². The summed E-state index contributed by atoms with van der Waals surface area (Å²) < 4.78 is 1.21. The van der Waals surface area contributed by atoms with E-state index in [0.717, 1.165) is 0 Å². The Labute approximate surface area is 72.4 Å². The second-order valence-electron chi connectivity index (χ2n) is 2.69. The monoisotopic (exact) mass is 217 g/mol. The molecule has 0 amide bonds. The third kappa shape index (κ3) is 1.13. The molecule has 1 aromatic rings. The lowest BCUT2D eigenvalue weighted by Gasteiger charge is -1.87. The minimum absolute atomic E-state index is 0.432. The SMILES string of the molecule is NC1CC1c1csc(Br)c1. The van der Waals surface area contributed by atoms with Gasteiger partial charge in [-0.3, -0.25) is 0 Å². The highest BCUT2D eigenvalue weighted by molar-refractivity contribution is 9.11. The van der Waals surface area contributed by atoms with Crippen LogP contribution in [0.25, 0.3) is 0 Å². The van der Waals surface area contributed by atoms with Crippen molar-refractivity contribution in [1.29, 1.82) is 0 Å². The van der Waals surface area contributed by atoms with Gasteiger partial charge in [-0.05, 0) is 39.4 Å². The van der Waals surface area contributed by atoms with Gasteiger partial charge in [-0.15, -0.1) is 11.3 Å². The first-order valence-electron chi connectivity index (χ1n) is 3.27. The van der Waals surface area contributed by atoms with Gasteiger partial charge in [0.2, 0.25) is 0 Å². The summed E-state index contributed by atoms with van der Waals surface area (Å²) in [4.78, 5) is 0. The van der Waals surface area contributed by atoms with Gasteiger partial charge >= 0.3 is 0 Å². The van der Waals surface area contributed by atoms with Crippen LogP contribution < -0.4 is 5.73 Å². The predicted molar refractivity (Wildman–Crippen MR) is 47.4 cm³/mol. The molecule has 1 fully saturated rings. The molecule has 0 aromatic carbocycles.